The summed E-state index contributed by atoms with van der Waals surface area (Å²) in [5, 5.41) is 0. The molecule has 20 heavy (non-hydrogen) atoms. The topological polar surface area (TPSA) is 51.2 Å². The van der Waals surface area contributed by atoms with Gasteiger partial charge in [0.25, 0.3) is 0 Å². The molecule has 0 aliphatic carbocycles. The van der Waals surface area contributed by atoms with Gasteiger partial charge in [-0.1, -0.05) is 41.5 Å². The molecule has 0 rings (SSSR count). The summed E-state index contributed by atoms with van der Waals surface area (Å²) in [5.41, 5.74) is -2.03. The number of aldehydes is 2. The second-order valence-electron chi connectivity index (χ2n) is 6.78. The second kappa shape index (κ2) is 7.70. The Morgan fingerprint density at radius 2 is 1.15 bits per heavy atom. The molecule has 0 aromatic heterocycles. The Balaban J connectivity index is 5.69. The lowest BCUT2D eigenvalue weighted by molar-refractivity contribution is -0.148. The van der Waals surface area contributed by atoms with Crippen molar-refractivity contribution in [3.05, 3.63) is 0 Å². The van der Waals surface area contributed by atoms with E-state index >= 15 is 0 Å². The Morgan fingerprint density at radius 3 is 1.30 bits per heavy atom. The molecule has 0 saturated heterocycles. The summed E-state index contributed by atoms with van der Waals surface area (Å²) in [4.78, 5) is 36.3. The minimum atomic E-state index is -1.01. The fraction of sp³-hybridized carbons (Fsp3) is 0.824. The molecular formula is C17H30O3. The molecule has 0 radical (unpaired) electrons. The first-order chi connectivity index (χ1) is 9.23. The van der Waals surface area contributed by atoms with Crippen LogP contribution in [0.5, 0.6) is 0 Å². The Hall–Kier alpha value is -0.990. The molecule has 3 heteroatoms. The lowest BCUT2D eigenvalue weighted by Gasteiger charge is -2.37. The van der Waals surface area contributed by atoms with Crippen molar-refractivity contribution in [3.63, 3.8) is 0 Å². The summed E-state index contributed by atoms with van der Waals surface area (Å²) in [7, 11) is 0. The number of Topliss-reactive ketones (excluding diaryl/α,β-unsaturated/α-hetero) is 1. The molecule has 0 aromatic rings. The van der Waals surface area contributed by atoms with E-state index in [1.165, 1.54) is 0 Å². The Morgan fingerprint density at radius 1 is 0.850 bits per heavy atom. The number of carbonyl (C=O) groups excluding carboxylic acids is 3. The monoisotopic (exact) mass is 282 g/mol. The van der Waals surface area contributed by atoms with Crippen LogP contribution in [0.2, 0.25) is 0 Å². The highest BCUT2D eigenvalue weighted by Gasteiger charge is 2.48. The third-order valence-corrected chi connectivity index (χ3v) is 4.16. The molecule has 0 fully saturated rings. The van der Waals surface area contributed by atoms with Gasteiger partial charge in [0, 0.05) is 0 Å². The van der Waals surface area contributed by atoms with Gasteiger partial charge in [0.15, 0.2) is 5.78 Å². The van der Waals surface area contributed by atoms with E-state index < -0.39 is 10.8 Å². The Bertz CT molecular complexity index is 314. The third-order valence-electron chi connectivity index (χ3n) is 4.16. The van der Waals surface area contributed by atoms with Gasteiger partial charge >= 0.3 is 0 Å². The standard InChI is InChI=1S/C17H30O3/c1-7-16(11-18,9-13(3)4)15(20)17(8-2,12-19)10-14(5)6/h11-14H,7-10H2,1-6H3. The lowest BCUT2D eigenvalue weighted by atomic mass is 9.63. The number of ketones is 1. The van der Waals surface area contributed by atoms with Crippen LogP contribution < -0.4 is 0 Å². The summed E-state index contributed by atoms with van der Waals surface area (Å²) < 4.78 is 0. The maximum atomic E-state index is 13.0. The quantitative estimate of drug-likeness (QED) is 0.452. The van der Waals surface area contributed by atoms with Gasteiger partial charge in [0.05, 0.1) is 10.8 Å². The minimum Gasteiger partial charge on any atom is -0.302 e. The van der Waals surface area contributed by atoms with E-state index in [0.717, 1.165) is 12.6 Å². The summed E-state index contributed by atoms with van der Waals surface area (Å²) in [5.74, 6) is 0.302. The zero-order chi connectivity index (χ0) is 16.0. The molecule has 0 aliphatic heterocycles. The summed E-state index contributed by atoms with van der Waals surface area (Å²) in [6, 6.07) is 0. The van der Waals surface area contributed by atoms with Crippen molar-refractivity contribution in [1.82, 2.24) is 0 Å². The normalized spacial score (nSPS) is 17.6. The van der Waals surface area contributed by atoms with Gasteiger partial charge in [-0.25, -0.2) is 0 Å². The number of rotatable bonds is 10. The average molecular weight is 282 g/mol. The molecule has 0 amide bonds. The van der Waals surface area contributed by atoms with Gasteiger partial charge in [-0.05, 0) is 37.5 Å². The van der Waals surface area contributed by atoms with Crippen molar-refractivity contribution < 1.29 is 14.4 Å². The fourth-order valence-corrected chi connectivity index (χ4v) is 3.12. The van der Waals surface area contributed by atoms with Crippen LogP contribution in [0.1, 0.15) is 67.2 Å². The molecule has 2 unspecified atom stereocenters. The van der Waals surface area contributed by atoms with E-state index in [1.807, 2.05) is 41.5 Å². The average Bonchev–Trinajstić information content (AvgIpc) is 2.41. The van der Waals surface area contributed by atoms with Crippen molar-refractivity contribution in [2.75, 3.05) is 0 Å². The first-order valence-corrected chi connectivity index (χ1v) is 7.71. The lowest BCUT2D eigenvalue weighted by Crippen LogP contribution is -2.46. The highest BCUT2D eigenvalue weighted by atomic mass is 16.2. The number of carbonyl (C=O) groups is 3. The van der Waals surface area contributed by atoms with Crippen molar-refractivity contribution in [2.24, 2.45) is 22.7 Å². The van der Waals surface area contributed by atoms with Crippen LogP contribution in [0.25, 0.3) is 0 Å². The van der Waals surface area contributed by atoms with Crippen molar-refractivity contribution in [2.45, 2.75) is 67.2 Å². The second-order valence-corrected chi connectivity index (χ2v) is 6.78. The van der Waals surface area contributed by atoms with Crippen LogP contribution in [0, 0.1) is 22.7 Å². The zero-order valence-electron chi connectivity index (χ0n) is 13.9. The van der Waals surface area contributed by atoms with E-state index in [0.29, 0.717) is 25.7 Å². The van der Waals surface area contributed by atoms with Crippen LogP contribution in [-0.2, 0) is 14.4 Å². The predicted octanol–water partition coefficient (Wildman–Crippen LogP) is 3.84. The van der Waals surface area contributed by atoms with E-state index in [9.17, 15) is 14.4 Å². The summed E-state index contributed by atoms with van der Waals surface area (Å²) in [6.07, 6.45) is 3.51. The minimum absolute atomic E-state index is 0.178. The van der Waals surface area contributed by atoms with Crippen LogP contribution in [0.3, 0.4) is 0 Å². The number of hydrogen-bond donors (Lipinski definition) is 0. The van der Waals surface area contributed by atoms with Crippen molar-refractivity contribution in [1.29, 1.82) is 0 Å². The van der Waals surface area contributed by atoms with Crippen LogP contribution in [0.15, 0.2) is 0 Å². The molecule has 0 spiro atoms. The zero-order valence-corrected chi connectivity index (χ0v) is 13.9. The first kappa shape index (κ1) is 19.0. The van der Waals surface area contributed by atoms with Crippen LogP contribution >= 0.6 is 0 Å². The van der Waals surface area contributed by atoms with Crippen LogP contribution in [-0.4, -0.2) is 18.4 Å². The maximum Gasteiger partial charge on any atom is 0.159 e. The van der Waals surface area contributed by atoms with Gasteiger partial charge in [-0.3, -0.25) is 4.79 Å². The molecule has 3 nitrogen and oxygen atoms in total. The SMILES string of the molecule is CCC(C=O)(CC(C)C)C(=O)C(C=O)(CC)CC(C)C. The molecule has 0 aliphatic rings. The molecule has 116 valence electrons. The molecular weight excluding hydrogens is 252 g/mol. The van der Waals surface area contributed by atoms with E-state index in [-0.39, 0.29) is 17.6 Å². The highest BCUT2D eigenvalue weighted by molar-refractivity contribution is 6.08. The molecule has 0 aromatic carbocycles. The van der Waals surface area contributed by atoms with Crippen molar-refractivity contribution in [3.8, 4) is 0 Å². The summed E-state index contributed by atoms with van der Waals surface area (Å²) in [6.45, 7) is 11.7. The molecule has 0 heterocycles. The molecule has 0 saturated carbocycles. The summed E-state index contributed by atoms with van der Waals surface area (Å²) >= 11 is 0. The first-order valence-electron chi connectivity index (χ1n) is 7.71. The smallest absolute Gasteiger partial charge is 0.159 e. The largest absolute Gasteiger partial charge is 0.302 e. The van der Waals surface area contributed by atoms with E-state index in [1.54, 1.807) is 0 Å². The predicted molar refractivity (Wildman–Crippen MR) is 81.5 cm³/mol. The van der Waals surface area contributed by atoms with Gasteiger partial charge in [-0.15, -0.1) is 0 Å². The van der Waals surface area contributed by atoms with Gasteiger partial charge in [0.2, 0.25) is 0 Å². The Kier molecular flexibility index (Phi) is 7.32. The highest BCUT2D eigenvalue weighted by Crippen LogP contribution is 2.41. The van der Waals surface area contributed by atoms with Crippen LogP contribution in [0.4, 0.5) is 0 Å². The van der Waals surface area contributed by atoms with E-state index in [4.69, 9.17) is 0 Å². The Labute approximate surface area is 123 Å². The fourth-order valence-electron chi connectivity index (χ4n) is 3.12. The maximum absolute atomic E-state index is 13.0. The van der Waals surface area contributed by atoms with E-state index in [2.05, 4.69) is 0 Å². The van der Waals surface area contributed by atoms with Gasteiger partial charge in [-0.2, -0.15) is 0 Å². The van der Waals surface area contributed by atoms with Gasteiger partial charge < -0.3 is 9.59 Å². The molecule has 2 atom stereocenters. The third kappa shape index (κ3) is 4.00. The number of hydrogen-bond acceptors (Lipinski definition) is 3. The van der Waals surface area contributed by atoms with Crippen molar-refractivity contribution >= 4 is 18.4 Å². The molecule has 0 N–H and O–H groups in total. The molecule has 0 bridgehead atoms. The van der Waals surface area contributed by atoms with Gasteiger partial charge in [0.1, 0.15) is 12.6 Å².